The van der Waals surface area contributed by atoms with Crippen molar-refractivity contribution in [3.63, 3.8) is 0 Å². The minimum absolute atomic E-state index is 0.241. The van der Waals surface area contributed by atoms with Crippen molar-refractivity contribution in [2.75, 3.05) is 6.61 Å². The molecule has 0 saturated carbocycles. The maximum atomic E-state index is 5.42. The van der Waals surface area contributed by atoms with Gasteiger partial charge in [0.15, 0.2) is 0 Å². The maximum absolute atomic E-state index is 5.42. The fourth-order valence-electron chi connectivity index (χ4n) is 0.842. The first-order chi connectivity index (χ1) is 5.70. The van der Waals surface area contributed by atoms with Crippen LogP contribution in [0.3, 0.4) is 0 Å². The highest BCUT2D eigenvalue weighted by atomic mass is 16.5. The van der Waals surface area contributed by atoms with Crippen molar-refractivity contribution in [1.82, 2.24) is 5.43 Å². The van der Waals surface area contributed by atoms with E-state index in [0.29, 0.717) is 6.61 Å². The van der Waals surface area contributed by atoms with Crippen LogP contribution in [0, 0.1) is 0 Å². The second kappa shape index (κ2) is 7.28. The van der Waals surface area contributed by atoms with Crippen molar-refractivity contribution in [2.45, 2.75) is 38.8 Å². The Hall–Kier alpha value is -0.380. The van der Waals surface area contributed by atoms with E-state index in [9.17, 15) is 0 Å². The number of ether oxygens (including phenoxy) is 1. The zero-order chi connectivity index (χ0) is 9.40. The zero-order valence-electron chi connectivity index (χ0n) is 8.05. The van der Waals surface area contributed by atoms with Crippen molar-refractivity contribution in [2.24, 2.45) is 5.84 Å². The van der Waals surface area contributed by atoms with Gasteiger partial charge in [-0.3, -0.25) is 11.3 Å². The van der Waals surface area contributed by atoms with Gasteiger partial charge in [0, 0.05) is 6.04 Å². The minimum atomic E-state index is 0.241. The predicted octanol–water partition coefficient (Wildman–Crippen LogP) is 1.21. The summed E-state index contributed by atoms with van der Waals surface area (Å²) in [5.74, 6) is 5.34. The second-order valence-corrected chi connectivity index (χ2v) is 3.11. The zero-order valence-corrected chi connectivity index (χ0v) is 8.05. The molecule has 0 radical (unpaired) electrons. The van der Waals surface area contributed by atoms with Crippen LogP contribution in [-0.2, 0) is 4.74 Å². The molecule has 0 rings (SSSR count). The normalized spacial score (nSPS) is 13.3. The summed E-state index contributed by atoms with van der Waals surface area (Å²) >= 11 is 0. The Balaban J connectivity index is 3.45. The summed E-state index contributed by atoms with van der Waals surface area (Å²) in [5.41, 5.74) is 2.72. The first-order valence-corrected chi connectivity index (χ1v) is 4.39. The molecule has 1 atom stereocenters. The summed E-state index contributed by atoms with van der Waals surface area (Å²) in [6.45, 7) is 8.35. The quantitative estimate of drug-likeness (QED) is 0.345. The molecule has 0 amide bonds. The lowest BCUT2D eigenvalue weighted by atomic mass is 10.2. The molecule has 0 aliphatic rings. The molecular formula is C9H20N2O. The third-order valence-electron chi connectivity index (χ3n) is 1.59. The lowest BCUT2D eigenvalue weighted by Gasteiger charge is -2.16. The van der Waals surface area contributed by atoms with Crippen LogP contribution < -0.4 is 11.3 Å². The monoisotopic (exact) mass is 172 g/mol. The van der Waals surface area contributed by atoms with Gasteiger partial charge < -0.3 is 4.74 Å². The first-order valence-electron chi connectivity index (χ1n) is 4.39. The molecule has 0 aliphatic heterocycles. The van der Waals surface area contributed by atoms with Gasteiger partial charge in [-0.2, -0.15) is 0 Å². The fourth-order valence-corrected chi connectivity index (χ4v) is 0.842. The highest BCUT2D eigenvalue weighted by Crippen LogP contribution is 1.99. The van der Waals surface area contributed by atoms with Crippen LogP contribution in [0.15, 0.2) is 12.7 Å². The predicted molar refractivity (Wildman–Crippen MR) is 51.6 cm³/mol. The molecule has 12 heavy (non-hydrogen) atoms. The van der Waals surface area contributed by atoms with E-state index in [1.165, 1.54) is 0 Å². The van der Waals surface area contributed by atoms with Crippen LogP contribution in [0.5, 0.6) is 0 Å². The molecule has 0 fully saturated rings. The molecule has 0 aromatic rings. The van der Waals surface area contributed by atoms with E-state index in [1.54, 1.807) is 0 Å². The molecule has 3 heteroatoms. The third kappa shape index (κ3) is 6.34. The van der Waals surface area contributed by atoms with Gasteiger partial charge in [0.2, 0.25) is 0 Å². The molecule has 0 saturated heterocycles. The van der Waals surface area contributed by atoms with E-state index in [2.05, 4.69) is 12.0 Å². The molecule has 0 spiro atoms. The molecule has 3 N–H and O–H groups in total. The molecule has 0 aromatic heterocycles. The molecule has 0 bridgehead atoms. The van der Waals surface area contributed by atoms with Crippen LogP contribution in [0.2, 0.25) is 0 Å². The number of nitrogens with two attached hydrogens (primary N) is 1. The van der Waals surface area contributed by atoms with Gasteiger partial charge in [0.05, 0.1) is 12.7 Å². The Bertz CT molecular complexity index is 115. The topological polar surface area (TPSA) is 47.3 Å². The van der Waals surface area contributed by atoms with Gasteiger partial charge >= 0.3 is 0 Å². The fraction of sp³-hybridized carbons (Fsp3) is 0.778. The molecule has 3 nitrogen and oxygen atoms in total. The minimum Gasteiger partial charge on any atom is -0.377 e. The summed E-state index contributed by atoms with van der Waals surface area (Å²) in [7, 11) is 0. The molecule has 0 heterocycles. The van der Waals surface area contributed by atoms with Gasteiger partial charge in [-0.1, -0.05) is 6.08 Å². The van der Waals surface area contributed by atoms with Crippen molar-refractivity contribution in [1.29, 1.82) is 0 Å². The SMILES string of the molecule is C=CCCC(COC(C)C)NN. The maximum Gasteiger partial charge on any atom is 0.0636 e. The smallest absolute Gasteiger partial charge is 0.0636 e. The van der Waals surface area contributed by atoms with E-state index in [0.717, 1.165) is 12.8 Å². The Morgan fingerprint density at radius 1 is 1.58 bits per heavy atom. The summed E-state index contributed by atoms with van der Waals surface area (Å²) < 4.78 is 5.42. The highest BCUT2D eigenvalue weighted by Gasteiger charge is 2.05. The number of hydrogen-bond acceptors (Lipinski definition) is 3. The number of hydrazine groups is 1. The Labute approximate surface area is 74.9 Å². The molecule has 1 unspecified atom stereocenters. The van der Waals surface area contributed by atoms with Crippen LogP contribution in [-0.4, -0.2) is 18.8 Å². The summed E-state index contributed by atoms with van der Waals surface area (Å²) in [5, 5.41) is 0. The van der Waals surface area contributed by atoms with Crippen molar-refractivity contribution < 1.29 is 4.74 Å². The van der Waals surface area contributed by atoms with Crippen LogP contribution in [0.4, 0.5) is 0 Å². The van der Waals surface area contributed by atoms with Gasteiger partial charge in [-0.05, 0) is 26.7 Å². The van der Waals surface area contributed by atoms with Crippen LogP contribution in [0.1, 0.15) is 26.7 Å². The van der Waals surface area contributed by atoms with Gasteiger partial charge in [0.1, 0.15) is 0 Å². The van der Waals surface area contributed by atoms with E-state index in [1.807, 2.05) is 19.9 Å². The van der Waals surface area contributed by atoms with Crippen LogP contribution in [0.25, 0.3) is 0 Å². The average Bonchev–Trinajstić information content (AvgIpc) is 2.05. The second-order valence-electron chi connectivity index (χ2n) is 3.11. The number of rotatable bonds is 7. The summed E-state index contributed by atoms with van der Waals surface area (Å²) in [6, 6.07) is 0.241. The number of hydrogen-bond donors (Lipinski definition) is 2. The Kier molecular flexibility index (Phi) is 7.05. The molecule has 0 aromatic carbocycles. The number of nitrogens with one attached hydrogen (secondary N) is 1. The van der Waals surface area contributed by atoms with Crippen LogP contribution >= 0.6 is 0 Å². The summed E-state index contributed by atoms with van der Waals surface area (Å²) in [4.78, 5) is 0. The standard InChI is InChI=1S/C9H20N2O/c1-4-5-6-9(11-10)7-12-8(2)3/h4,8-9,11H,1,5-7,10H2,2-3H3. The molecular weight excluding hydrogens is 152 g/mol. The highest BCUT2D eigenvalue weighted by molar-refractivity contribution is 4.72. The van der Waals surface area contributed by atoms with E-state index < -0.39 is 0 Å². The van der Waals surface area contributed by atoms with Gasteiger partial charge in [-0.25, -0.2) is 0 Å². The van der Waals surface area contributed by atoms with Crippen molar-refractivity contribution in [3.8, 4) is 0 Å². The van der Waals surface area contributed by atoms with E-state index in [4.69, 9.17) is 10.6 Å². The van der Waals surface area contributed by atoms with E-state index >= 15 is 0 Å². The molecule has 72 valence electrons. The van der Waals surface area contributed by atoms with Crippen molar-refractivity contribution >= 4 is 0 Å². The lowest BCUT2D eigenvalue weighted by Crippen LogP contribution is -2.39. The summed E-state index contributed by atoms with van der Waals surface area (Å²) in [6.07, 6.45) is 4.10. The number of allylic oxidation sites excluding steroid dienone is 1. The third-order valence-corrected chi connectivity index (χ3v) is 1.59. The largest absolute Gasteiger partial charge is 0.377 e. The van der Waals surface area contributed by atoms with Gasteiger partial charge in [0.25, 0.3) is 0 Å². The van der Waals surface area contributed by atoms with E-state index in [-0.39, 0.29) is 12.1 Å². The Morgan fingerprint density at radius 2 is 2.25 bits per heavy atom. The Morgan fingerprint density at radius 3 is 2.67 bits per heavy atom. The first kappa shape index (κ1) is 11.6. The van der Waals surface area contributed by atoms with Crippen molar-refractivity contribution in [3.05, 3.63) is 12.7 Å². The lowest BCUT2D eigenvalue weighted by molar-refractivity contribution is 0.0598. The average molecular weight is 172 g/mol. The molecule has 0 aliphatic carbocycles. The van der Waals surface area contributed by atoms with Gasteiger partial charge in [-0.15, -0.1) is 6.58 Å².